The summed E-state index contributed by atoms with van der Waals surface area (Å²) < 4.78 is 18.8. The van der Waals surface area contributed by atoms with Crippen molar-refractivity contribution in [3.63, 3.8) is 0 Å². The number of aromatic nitrogens is 1. The minimum atomic E-state index is -0.195. The van der Waals surface area contributed by atoms with Gasteiger partial charge in [0.2, 0.25) is 0 Å². The summed E-state index contributed by atoms with van der Waals surface area (Å²) in [6.07, 6.45) is 0.810. The molecule has 0 atom stereocenters. The van der Waals surface area contributed by atoms with E-state index in [2.05, 4.69) is 20.8 Å². The van der Waals surface area contributed by atoms with E-state index in [9.17, 15) is 4.39 Å². The lowest BCUT2D eigenvalue weighted by Crippen LogP contribution is -2.38. The Kier molecular flexibility index (Phi) is 8.88. The normalized spacial score (nSPS) is 11.2. The highest BCUT2D eigenvalue weighted by molar-refractivity contribution is 14.0. The van der Waals surface area contributed by atoms with Crippen molar-refractivity contribution in [1.29, 1.82) is 0 Å². The topological polar surface area (TPSA) is 62.5 Å². The second-order valence-electron chi connectivity index (χ2n) is 5.76. The summed E-state index contributed by atoms with van der Waals surface area (Å²) >= 11 is 0. The van der Waals surface area contributed by atoms with Crippen LogP contribution in [0, 0.1) is 26.6 Å². The van der Waals surface area contributed by atoms with E-state index in [1.807, 2.05) is 26.8 Å². The number of aliphatic imine (C=N–C) groups is 1. The van der Waals surface area contributed by atoms with Gasteiger partial charge in [0.1, 0.15) is 11.6 Å². The Hall–Kier alpha value is -1.64. The fourth-order valence-electron chi connectivity index (χ4n) is 2.41. The predicted molar refractivity (Wildman–Crippen MR) is 109 cm³/mol. The maximum Gasteiger partial charge on any atom is 0.191 e. The first-order valence-electron chi connectivity index (χ1n) is 8.20. The molecule has 1 aromatic carbocycles. The molecule has 0 unspecified atom stereocenters. The van der Waals surface area contributed by atoms with E-state index in [0.717, 1.165) is 42.1 Å². The predicted octanol–water partition coefficient (Wildman–Crippen LogP) is 3.65. The van der Waals surface area contributed by atoms with Gasteiger partial charge in [0.05, 0.1) is 12.2 Å². The summed E-state index contributed by atoms with van der Waals surface area (Å²) in [6, 6.07) is 5.21. The average Bonchev–Trinajstić information content (AvgIpc) is 2.87. The van der Waals surface area contributed by atoms with Gasteiger partial charge in [-0.1, -0.05) is 17.3 Å². The van der Waals surface area contributed by atoms with Crippen LogP contribution >= 0.6 is 24.0 Å². The molecule has 138 valence electrons. The van der Waals surface area contributed by atoms with E-state index in [4.69, 9.17) is 4.52 Å². The lowest BCUT2D eigenvalue weighted by atomic mass is 10.1. The zero-order valence-corrected chi connectivity index (χ0v) is 17.5. The molecule has 0 aliphatic rings. The van der Waals surface area contributed by atoms with Gasteiger partial charge in [0, 0.05) is 18.7 Å². The van der Waals surface area contributed by atoms with Crippen LogP contribution in [0.4, 0.5) is 4.39 Å². The maximum atomic E-state index is 13.6. The fourth-order valence-corrected chi connectivity index (χ4v) is 2.41. The van der Waals surface area contributed by atoms with Crippen molar-refractivity contribution in [2.45, 2.75) is 40.7 Å². The number of hydrogen-bond donors (Lipinski definition) is 2. The molecule has 0 radical (unpaired) electrons. The Bertz CT molecular complexity index is 696. The van der Waals surface area contributed by atoms with Crippen molar-refractivity contribution in [2.75, 3.05) is 13.1 Å². The Morgan fingerprint density at radius 3 is 2.60 bits per heavy atom. The average molecular weight is 460 g/mol. The third kappa shape index (κ3) is 6.30. The van der Waals surface area contributed by atoms with Gasteiger partial charge >= 0.3 is 0 Å². The van der Waals surface area contributed by atoms with Crippen molar-refractivity contribution >= 4 is 29.9 Å². The van der Waals surface area contributed by atoms with E-state index in [0.29, 0.717) is 18.1 Å². The van der Waals surface area contributed by atoms with Crippen molar-refractivity contribution in [3.8, 4) is 0 Å². The van der Waals surface area contributed by atoms with E-state index in [-0.39, 0.29) is 29.8 Å². The van der Waals surface area contributed by atoms with Crippen molar-refractivity contribution in [2.24, 2.45) is 4.99 Å². The third-order valence-electron chi connectivity index (χ3n) is 3.85. The molecule has 5 nitrogen and oxygen atoms in total. The Balaban J connectivity index is 0.00000312. The highest BCUT2D eigenvalue weighted by atomic mass is 127. The molecule has 0 spiro atoms. The minimum absolute atomic E-state index is 0. The number of guanidine groups is 1. The van der Waals surface area contributed by atoms with Crippen LogP contribution in [0.15, 0.2) is 27.7 Å². The summed E-state index contributed by atoms with van der Waals surface area (Å²) in [6.45, 7) is 9.53. The van der Waals surface area contributed by atoms with Crippen LogP contribution in [0.2, 0.25) is 0 Å². The van der Waals surface area contributed by atoms with Gasteiger partial charge in [-0.2, -0.15) is 0 Å². The zero-order valence-electron chi connectivity index (χ0n) is 15.1. The first kappa shape index (κ1) is 21.4. The molecule has 0 saturated carbocycles. The number of benzene rings is 1. The van der Waals surface area contributed by atoms with E-state index in [1.165, 1.54) is 6.07 Å². The first-order chi connectivity index (χ1) is 11.5. The van der Waals surface area contributed by atoms with Crippen LogP contribution in [0.25, 0.3) is 0 Å². The molecule has 0 bridgehead atoms. The quantitative estimate of drug-likeness (QED) is 0.393. The van der Waals surface area contributed by atoms with Crippen molar-refractivity contribution < 1.29 is 8.91 Å². The van der Waals surface area contributed by atoms with Gasteiger partial charge in [0.15, 0.2) is 5.96 Å². The molecule has 2 N–H and O–H groups in total. The smallest absolute Gasteiger partial charge is 0.191 e. The molecule has 2 aromatic rings. The summed E-state index contributed by atoms with van der Waals surface area (Å²) in [5.74, 6) is 1.37. The Morgan fingerprint density at radius 2 is 2.00 bits per heavy atom. The van der Waals surface area contributed by atoms with Crippen molar-refractivity contribution in [1.82, 2.24) is 15.8 Å². The summed E-state index contributed by atoms with van der Waals surface area (Å²) in [7, 11) is 0. The van der Waals surface area contributed by atoms with Gasteiger partial charge in [-0.3, -0.25) is 0 Å². The standard InChI is InChI=1S/C18H25FN4O.HI/c1-5-20-18(21-9-8-16-13(3)23-24-14(16)4)22-11-15-7-6-12(2)17(19)10-15;/h6-7,10H,5,8-9,11H2,1-4H3,(H2,20,21,22);1H. The Morgan fingerprint density at radius 1 is 1.24 bits per heavy atom. The van der Waals surface area contributed by atoms with Crippen LogP contribution in [0.5, 0.6) is 0 Å². The van der Waals surface area contributed by atoms with Gasteiger partial charge in [-0.25, -0.2) is 9.38 Å². The Labute approximate surface area is 165 Å². The second kappa shape index (κ2) is 10.4. The van der Waals surface area contributed by atoms with Crippen LogP contribution in [-0.2, 0) is 13.0 Å². The molecule has 1 aromatic heterocycles. The monoisotopic (exact) mass is 460 g/mol. The third-order valence-corrected chi connectivity index (χ3v) is 3.85. The summed E-state index contributed by atoms with van der Waals surface area (Å²) in [5, 5.41) is 10.4. The molecular formula is C18H26FIN4O. The van der Waals surface area contributed by atoms with E-state index in [1.54, 1.807) is 13.0 Å². The molecule has 0 saturated heterocycles. The van der Waals surface area contributed by atoms with E-state index >= 15 is 0 Å². The summed E-state index contributed by atoms with van der Waals surface area (Å²) in [4.78, 5) is 4.51. The summed E-state index contributed by atoms with van der Waals surface area (Å²) in [5.41, 5.74) is 3.54. The minimum Gasteiger partial charge on any atom is -0.361 e. The lowest BCUT2D eigenvalue weighted by Gasteiger charge is -2.11. The van der Waals surface area contributed by atoms with Crippen molar-refractivity contribution in [3.05, 3.63) is 52.2 Å². The molecule has 0 aliphatic heterocycles. The first-order valence-corrected chi connectivity index (χ1v) is 8.20. The van der Waals surface area contributed by atoms with Gasteiger partial charge < -0.3 is 15.2 Å². The molecule has 25 heavy (non-hydrogen) atoms. The molecule has 2 rings (SSSR count). The molecular weight excluding hydrogens is 434 g/mol. The molecule has 0 fully saturated rings. The number of halogens is 2. The number of aryl methyl sites for hydroxylation is 3. The van der Waals surface area contributed by atoms with Crippen LogP contribution < -0.4 is 10.6 Å². The molecule has 0 amide bonds. The molecule has 1 heterocycles. The number of hydrogen-bond acceptors (Lipinski definition) is 3. The number of nitrogens with one attached hydrogen (secondary N) is 2. The second-order valence-corrected chi connectivity index (χ2v) is 5.76. The number of nitrogens with zero attached hydrogens (tertiary/aromatic N) is 2. The molecule has 7 heteroatoms. The van der Waals surface area contributed by atoms with Crippen LogP contribution in [-0.4, -0.2) is 24.2 Å². The largest absolute Gasteiger partial charge is 0.361 e. The SMILES string of the molecule is CCNC(=NCc1ccc(C)c(F)c1)NCCc1c(C)noc1C.I. The number of rotatable bonds is 6. The fraction of sp³-hybridized carbons (Fsp3) is 0.444. The lowest BCUT2D eigenvalue weighted by molar-refractivity contribution is 0.392. The van der Waals surface area contributed by atoms with Gasteiger partial charge in [-0.15, -0.1) is 24.0 Å². The zero-order chi connectivity index (χ0) is 17.5. The molecule has 0 aliphatic carbocycles. The van der Waals surface area contributed by atoms with Gasteiger partial charge in [0.25, 0.3) is 0 Å². The van der Waals surface area contributed by atoms with E-state index < -0.39 is 0 Å². The van der Waals surface area contributed by atoms with Gasteiger partial charge in [-0.05, 0) is 51.3 Å². The maximum absolute atomic E-state index is 13.6. The highest BCUT2D eigenvalue weighted by Crippen LogP contribution is 2.12. The van der Waals surface area contributed by atoms with Crippen LogP contribution in [0.3, 0.4) is 0 Å². The highest BCUT2D eigenvalue weighted by Gasteiger charge is 2.08. The van der Waals surface area contributed by atoms with Crippen LogP contribution in [0.1, 0.15) is 35.1 Å².